The molecule has 0 bridgehead atoms. The molecule has 0 aromatic carbocycles. The summed E-state index contributed by atoms with van der Waals surface area (Å²) in [4.78, 5) is 0. The molecule has 120 valence electrons. The van der Waals surface area contributed by atoms with Gasteiger partial charge < -0.3 is 5.32 Å². The van der Waals surface area contributed by atoms with Crippen LogP contribution in [0.25, 0.3) is 0 Å². The summed E-state index contributed by atoms with van der Waals surface area (Å²) in [5, 5.41) is 3.45. The maximum absolute atomic E-state index is 12.6. The second kappa shape index (κ2) is 6.32. The van der Waals surface area contributed by atoms with Crippen molar-refractivity contribution in [2.75, 3.05) is 18.8 Å². The van der Waals surface area contributed by atoms with Crippen LogP contribution < -0.4 is 5.32 Å². The maximum Gasteiger partial charge on any atom is 0.214 e. The molecule has 1 fully saturated rings. The van der Waals surface area contributed by atoms with Crippen molar-refractivity contribution in [1.82, 2.24) is 9.62 Å². The van der Waals surface area contributed by atoms with Gasteiger partial charge in [-0.25, -0.2) is 8.42 Å². The van der Waals surface area contributed by atoms with Gasteiger partial charge in [-0.15, -0.1) is 0 Å². The number of nitrogens with zero attached hydrogens (tertiary/aromatic N) is 1. The molecule has 0 spiro atoms. The molecule has 0 aliphatic carbocycles. The smallest absolute Gasteiger partial charge is 0.214 e. The Hall–Kier alpha value is -0.130. The van der Waals surface area contributed by atoms with Crippen LogP contribution in [0.15, 0.2) is 0 Å². The maximum atomic E-state index is 12.6. The van der Waals surface area contributed by atoms with Crippen LogP contribution in [0.1, 0.15) is 60.8 Å². The molecule has 1 N–H and O–H groups in total. The summed E-state index contributed by atoms with van der Waals surface area (Å²) < 4.78 is 27.0. The summed E-state index contributed by atoms with van der Waals surface area (Å²) in [5.41, 5.74) is -0.171. The Bertz CT molecular complexity index is 405. The number of piperidine rings is 1. The zero-order valence-electron chi connectivity index (χ0n) is 14.0. The molecule has 0 aromatic heterocycles. The standard InChI is InChI=1S/C15H32N2O2S/c1-14(2,3)12-20(18,19)17-10-8-7-9-13(17)11-16-15(4,5)6/h13,16H,7-12H2,1-6H3. The van der Waals surface area contributed by atoms with E-state index in [2.05, 4.69) is 26.1 Å². The molecular weight excluding hydrogens is 272 g/mol. The number of sulfonamides is 1. The first-order valence-electron chi connectivity index (χ1n) is 7.65. The van der Waals surface area contributed by atoms with Crippen molar-refractivity contribution in [3.05, 3.63) is 0 Å². The number of hydrogen-bond donors (Lipinski definition) is 1. The van der Waals surface area contributed by atoms with E-state index in [-0.39, 0.29) is 22.7 Å². The van der Waals surface area contributed by atoms with Gasteiger partial charge in [0.2, 0.25) is 10.0 Å². The van der Waals surface area contributed by atoms with Crippen LogP contribution in [-0.2, 0) is 10.0 Å². The topological polar surface area (TPSA) is 49.4 Å². The molecule has 1 heterocycles. The third-order valence-electron chi connectivity index (χ3n) is 3.41. The molecule has 0 aromatic rings. The summed E-state index contributed by atoms with van der Waals surface area (Å²) >= 11 is 0. The predicted molar refractivity (Wildman–Crippen MR) is 85.3 cm³/mol. The molecule has 1 rings (SSSR count). The van der Waals surface area contributed by atoms with E-state index in [1.807, 2.05) is 20.8 Å². The van der Waals surface area contributed by atoms with Gasteiger partial charge in [0.05, 0.1) is 5.75 Å². The van der Waals surface area contributed by atoms with Crippen molar-refractivity contribution >= 4 is 10.0 Å². The molecule has 0 saturated carbocycles. The van der Waals surface area contributed by atoms with Crippen LogP contribution in [0, 0.1) is 5.41 Å². The fourth-order valence-electron chi connectivity index (χ4n) is 2.60. The molecule has 1 aliphatic heterocycles. The molecule has 1 saturated heterocycles. The zero-order chi connectivity index (χ0) is 15.6. The lowest BCUT2D eigenvalue weighted by Crippen LogP contribution is -2.52. The number of hydrogen-bond acceptors (Lipinski definition) is 3. The molecule has 1 unspecified atom stereocenters. The lowest BCUT2D eigenvalue weighted by molar-refractivity contribution is 0.228. The normalized spacial score (nSPS) is 23.0. The summed E-state index contributed by atoms with van der Waals surface area (Å²) in [5.74, 6) is 0.228. The van der Waals surface area contributed by atoms with Gasteiger partial charge in [0.25, 0.3) is 0 Å². The lowest BCUT2D eigenvalue weighted by Gasteiger charge is -2.38. The van der Waals surface area contributed by atoms with Gasteiger partial charge in [0.1, 0.15) is 0 Å². The third-order valence-corrected chi connectivity index (χ3v) is 5.84. The first-order valence-corrected chi connectivity index (χ1v) is 9.26. The highest BCUT2D eigenvalue weighted by atomic mass is 32.2. The van der Waals surface area contributed by atoms with Crippen molar-refractivity contribution < 1.29 is 8.42 Å². The summed E-state index contributed by atoms with van der Waals surface area (Å²) in [6, 6.07) is 0.107. The third kappa shape index (κ3) is 6.10. The fourth-order valence-corrected chi connectivity index (χ4v) is 4.90. The summed E-state index contributed by atoms with van der Waals surface area (Å²) in [7, 11) is -3.16. The summed E-state index contributed by atoms with van der Waals surface area (Å²) in [6.07, 6.45) is 3.07. The Balaban J connectivity index is 2.78. The quantitative estimate of drug-likeness (QED) is 0.868. The van der Waals surface area contributed by atoms with Crippen LogP contribution in [0.5, 0.6) is 0 Å². The molecule has 0 radical (unpaired) electrons. The highest BCUT2D eigenvalue weighted by molar-refractivity contribution is 7.89. The second-order valence-electron chi connectivity index (χ2n) is 8.21. The van der Waals surface area contributed by atoms with E-state index in [4.69, 9.17) is 0 Å². The van der Waals surface area contributed by atoms with Gasteiger partial charge in [-0.2, -0.15) is 4.31 Å². The Kier molecular flexibility index (Phi) is 5.67. The average Bonchev–Trinajstić information content (AvgIpc) is 2.22. The highest BCUT2D eigenvalue weighted by Gasteiger charge is 2.35. The van der Waals surface area contributed by atoms with Crippen molar-refractivity contribution in [1.29, 1.82) is 0 Å². The summed E-state index contributed by atoms with van der Waals surface area (Å²) in [6.45, 7) is 13.7. The minimum Gasteiger partial charge on any atom is -0.310 e. The van der Waals surface area contributed by atoms with E-state index < -0.39 is 10.0 Å². The molecule has 0 amide bonds. The van der Waals surface area contributed by atoms with Crippen molar-refractivity contribution in [3.63, 3.8) is 0 Å². The van der Waals surface area contributed by atoms with Gasteiger partial charge in [0, 0.05) is 24.7 Å². The van der Waals surface area contributed by atoms with Crippen molar-refractivity contribution in [2.45, 2.75) is 72.4 Å². The minimum atomic E-state index is -3.16. The van der Waals surface area contributed by atoms with Crippen LogP contribution in [0.3, 0.4) is 0 Å². The monoisotopic (exact) mass is 304 g/mol. The van der Waals surface area contributed by atoms with Crippen molar-refractivity contribution in [2.24, 2.45) is 5.41 Å². The van der Waals surface area contributed by atoms with Gasteiger partial charge >= 0.3 is 0 Å². The minimum absolute atomic E-state index is 0.0247. The molecule has 5 heteroatoms. The fraction of sp³-hybridized carbons (Fsp3) is 1.00. The zero-order valence-corrected chi connectivity index (χ0v) is 14.8. The van der Waals surface area contributed by atoms with Crippen molar-refractivity contribution in [3.8, 4) is 0 Å². The lowest BCUT2D eigenvalue weighted by atomic mass is 10.0. The Morgan fingerprint density at radius 3 is 2.20 bits per heavy atom. The van der Waals surface area contributed by atoms with Gasteiger partial charge in [-0.3, -0.25) is 0 Å². The molecule has 20 heavy (non-hydrogen) atoms. The SMILES string of the molecule is CC(C)(C)CS(=O)(=O)N1CCCCC1CNC(C)(C)C. The predicted octanol–water partition coefficient (Wildman–Crippen LogP) is 2.60. The average molecular weight is 305 g/mol. The van der Waals surface area contributed by atoms with Crippen LogP contribution in [0.4, 0.5) is 0 Å². The van der Waals surface area contributed by atoms with E-state index in [0.29, 0.717) is 6.54 Å². The van der Waals surface area contributed by atoms with Gasteiger partial charge in [0.15, 0.2) is 0 Å². The van der Waals surface area contributed by atoms with Crippen LogP contribution in [0.2, 0.25) is 0 Å². The van der Waals surface area contributed by atoms with E-state index in [9.17, 15) is 8.42 Å². The Morgan fingerprint density at radius 2 is 1.70 bits per heavy atom. The number of nitrogens with one attached hydrogen (secondary N) is 1. The molecule has 4 nitrogen and oxygen atoms in total. The first kappa shape index (κ1) is 17.9. The molecular formula is C15H32N2O2S. The van der Waals surface area contributed by atoms with Gasteiger partial charge in [-0.1, -0.05) is 27.2 Å². The van der Waals surface area contributed by atoms with Crippen LogP contribution in [-0.4, -0.2) is 43.1 Å². The van der Waals surface area contributed by atoms with E-state index in [0.717, 1.165) is 25.8 Å². The van der Waals surface area contributed by atoms with Crippen LogP contribution >= 0.6 is 0 Å². The van der Waals surface area contributed by atoms with Gasteiger partial charge in [-0.05, 0) is 39.0 Å². The first-order chi connectivity index (χ1) is 8.91. The molecule has 1 atom stereocenters. The van der Waals surface area contributed by atoms with E-state index in [1.165, 1.54) is 0 Å². The van der Waals surface area contributed by atoms with E-state index >= 15 is 0 Å². The molecule has 1 aliphatic rings. The number of rotatable bonds is 4. The van der Waals surface area contributed by atoms with E-state index in [1.54, 1.807) is 4.31 Å². The highest BCUT2D eigenvalue weighted by Crippen LogP contribution is 2.25. The Labute approximate surface area is 125 Å². The largest absolute Gasteiger partial charge is 0.310 e. The Morgan fingerprint density at radius 1 is 1.10 bits per heavy atom. The second-order valence-corrected chi connectivity index (χ2v) is 10.1.